The summed E-state index contributed by atoms with van der Waals surface area (Å²) < 4.78 is 44.7. The zero-order valence-electron chi connectivity index (χ0n) is 21.8. The number of nitrogens with two attached hydrogens (primary N) is 1. The average Bonchev–Trinajstić information content (AvgIpc) is 3.50. The fourth-order valence-electron chi connectivity index (χ4n) is 6.22. The van der Waals surface area contributed by atoms with Crippen molar-refractivity contribution in [2.45, 2.75) is 31.1 Å². The third-order valence-corrected chi connectivity index (χ3v) is 10.3. The molecule has 0 amide bonds. The van der Waals surface area contributed by atoms with E-state index in [9.17, 15) is 12.8 Å². The Morgan fingerprint density at radius 2 is 1.77 bits per heavy atom. The molecular formula is C31H31FN4O2S. The molecule has 0 aliphatic heterocycles. The summed E-state index contributed by atoms with van der Waals surface area (Å²) >= 11 is 0. The SMILES string of the molecule is C[C@]12Cc3cnn(-c4ccc(F)cc4)c3C=C1CC[C@@H]2CN(CN)S(=O)(=O)c1ccccc1-c1ccccc1. The van der Waals surface area contributed by atoms with Crippen molar-refractivity contribution >= 4 is 16.1 Å². The number of nitrogens with zero attached hydrogens (tertiary/aromatic N) is 3. The number of hydrogen-bond acceptors (Lipinski definition) is 4. The Morgan fingerprint density at radius 1 is 1.05 bits per heavy atom. The first-order valence-electron chi connectivity index (χ1n) is 13.2. The molecule has 200 valence electrons. The summed E-state index contributed by atoms with van der Waals surface area (Å²) in [5.41, 5.74) is 11.7. The smallest absolute Gasteiger partial charge is 0.244 e. The molecule has 4 aromatic rings. The van der Waals surface area contributed by atoms with Crippen LogP contribution in [0.5, 0.6) is 0 Å². The first kappa shape index (κ1) is 25.7. The molecular weight excluding hydrogens is 511 g/mol. The number of fused-ring (bicyclic) bond motifs is 2. The summed E-state index contributed by atoms with van der Waals surface area (Å²) in [6.45, 7) is 2.48. The molecule has 1 heterocycles. The van der Waals surface area contributed by atoms with Gasteiger partial charge >= 0.3 is 0 Å². The van der Waals surface area contributed by atoms with Crippen LogP contribution >= 0.6 is 0 Å². The predicted octanol–water partition coefficient (Wildman–Crippen LogP) is 5.64. The van der Waals surface area contributed by atoms with Gasteiger partial charge in [0.05, 0.1) is 29.1 Å². The molecule has 1 aromatic heterocycles. The van der Waals surface area contributed by atoms with E-state index in [1.165, 1.54) is 22.0 Å². The van der Waals surface area contributed by atoms with Gasteiger partial charge in [-0.15, -0.1) is 0 Å². The summed E-state index contributed by atoms with van der Waals surface area (Å²) in [5, 5.41) is 4.60. The standard InChI is InChI=1S/C31H31FN4O2S/c1-31-18-23-19-34-36(27-15-13-26(32)14-16-27)29(23)17-24(31)11-12-25(31)20-35(21-33)39(37,38)30-10-6-5-9-28(30)22-7-3-2-4-8-22/h2-10,13-17,19,25H,11-12,18,20-21,33H2,1H3/t25-,31+/m1/s1. The van der Waals surface area contributed by atoms with Crippen LogP contribution in [-0.4, -0.2) is 35.7 Å². The fraction of sp³-hybridized carbons (Fsp3) is 0.258. The first-order chi connectivity index (χ1) is 18.8. The lowest BCUT2D eigenvalue weighted by Gasteiger charge is -2.38. The number of halogens is 1. The molecule has 0 spiro atoms. The molecule has 2 aliphatic rings. The molecule has 2 N–H and O–H groups in total. The highest BCUT2D eigenvalue weighted by Crippen LogP contribution is 2.53. The lowest BCUT2D eigenvalue weighted by molar-refractivity contribution is 0.222. The van der Waals surface area contributed by atoms with E-state index in [1.807, 2.05) is 53.3 Å². The highest BCUT2D eigenvalue weighted by atomic mass is 32.2. The van der Waals surface area contributed by atoms with Gasteiger partial charge < -0.3 is 5.73 Å². The van der Waals surface area contributed by atoms with E-state index < -0.39 is 10.0 Å². The van der Waals surface area contributed by atoms with Gasteiger partial charge in [-0.05, 0) is 78.1 Å². The minimum absolute atomic E-state index is 0.0924. The van der Waals surface area contributed by atoms with Crippen LogP contribution < -0.4 is 5.73 Å². The number of sulfonamides is 1. The Kier molecular flexibility index (Phi) is 6.49. The van der Waals surface area contributed by atoms with Crippen molar-refractivity contribution in [3.05, 3.63) is 108 Å². The Balaban J connectivity index is 1.29. The zero-order chi connectivity index (χ0) is 27.2. The van der Waals surface area contributed by atoms with E-state index in [2.05, 4.69) is 18.1 Å². The van der Waals surface area contributed by atoms with Gasteiger partial charge in [0.1, 0.15) is 5.82 Å². The van der Waals surface area contributed by atoms with Gasteiger partial charge in [-0.2, -0.15) is 9.40 Å². The molecule has 39 heavy (non-hydrogen) atoms. The van der Waals surface area contributed by atoms with Crippen LogP contribution in [0.2, 0.25) is 0 Å². The van der Waals surface area contributed by atoms with Crippen LogP contribution in [0.1, 0.15) is 31.0 Å². The number of hydrogen-bond donors (Lipinski definition) is 1. The van der Waals surface area contributed by atoms with Crippen LogP contribution in [0.4, 0.5) is 4.39 Å². The monoisotopic (exact) mass is 542 g/mol. The predicted molar refractivity (Wildman–Crippen MR) is 151 cm³/mol. The van der Waals surface area contributed by atoms with Crippen molar-refractivity contribution in [2.24, 2.45) is 17.1 Å². The molecule has 8 heteroatoms. The minimum atomic E-state index is -3.84. The van der Waals surface area contributed by atoms with E-state index in [0.717, 1.165) is 41.8 Å². The van der Waals surface area contributed by atoms with Gasteiger partial charge in [-0.1, -0.05) is 61.0 Å². The Hall–Kier alpha value is -3.59. The summed E-state index contributed by atoms with van der Waals surface area (Å²) in [6.07, 6.45) is 6.59. The van der Waals surface area contributed by atoms with Gasteiger partial charge in [0.25, 0.3) is 0 Å². The van der Waals surface area contributed by atoms with Gasteiger partial charge in [-0.25, -0.2) is 17.5 Å². The minimum Gasteiger partial charge on any atom is -0.317 e. The lowest BCUT2D eigenvalue weighted by atomic mass is 9.70. The zero-order valence-corrected chi connectivity index (χ0v) is 22.6. The summed E-state index contributed by atoms with van der Waals surface area (Å²) in [7, 11) is -3.84. The molecule has 0 bridgehead atoms. The molecule has 0 saturated heterocycles. The second-order valence-electron chi connectivity index (χ2n) is 10.6. The normalized spacial score (nSPS) is 20.5. The van der Waals surface area contributed by atoms with Crippen LogP contribution in [-0.2, 0) is 16.4 Å². The Bertz CT molecular complexity index is 1650. The largest absolute Gasteiger partial charge is 0.317 e. The Labute approximate surface area is 228 Å². The maximum atomic E-state index is 14.0. The van der Waals surface area contributed by atoms with Crippen LogP contribution in [0, 0.1) is 17.2 Å². The highest BCUT2D eigenvalue weighted by Gasteiger charge is 2.47. The Morgan fingerprint density at radius 3 is 2.51 bits per heavy atom. The maximum absolute atomic E-state index is 14.0. The van der Waals surface area contributed by atoms with Gasteiger partial charge in [0, 0.05) is 12.1 Å². The van der Waals surface area contributed by atoms with Gasteiger partial charge in [0.15, 0.2) is 0 Å². The molecule has 2 atom stereocenters. The summed E-state index contributed by atoms with van der Waals surface area (Å²) in [5.74, 6) is -0.177. The van der Waals surface area contributed by atoms with E-state index in [1.54, 1.807) is 24.3 Å². The van der Waals surface area contributed by atoms with Crippen molar-refractivity contribution in [1.82, 2.24) is 14.1 Å². The second-order valence-corrected chi connectivity index (χ2v) is 12.5. The lowest BCUT2D eigenvalue weighted by Crippen LogP contribution is -2.43. The van der Waals surface area contributed by atoms with Crippen LogP contribution in [0.15, 0.2) is 95.5 Å². The molecule has 2 aliphatic carbocycles. The number of allylic oxidation sites excluding steroid dienone is 1. The van der Waals surface area contributed by atoms with Crippen LogP contribution in [0.3, 0.4) is 0 Å². The number of benzene rings is 3. The fourth-order valence-corrected chi connectivity index (χ4v) is 7.78. The number of aromatic nitrogens is 2. The summed E-state index contributed by atoms with van der Waals surface area (Å²) in [6, 6.07) is 23.0. The second kappa shape index (κ2) is 9.86. The third kappa shape index (κ3) is 4.42. The molecule has 3 aromatic carbocycles. The molecule has 0 unspecified atom stereocenters. The van der Waals surface area contributed by atoms with E-state index in [4.69, 9.17) is 5.73 Å². The third-order valence-electron chi connectivity index (χ3n) is 8.44. The molecule has 0 radical (unpaired) electrons. The van der Waals surface area contributed by atoms with E-state index >= 15 is 0 Å². The van der Waals surface area contributed by atoms with E-state index in [0.29, 0.717) is 12.1 Å². The average molecular weight is 543 g/mol. The maximum Gasteiger partial charge on any atom is 0.244 e. The van der Waals surface area contributed by atoms with Crippen molar-refractivity contribution in [2.75, 3.05) is 13.2 Å². The van der Waals surface area contributed by atoms with Crippen molar-refractivity contribution in [3.8, 4) is 16.8 Å². The molecule has 1 saturated carbocycles. The van der Waals surface area contributed by atoms with Gasteiger partial charge in [0.2, 0.25) is 10.0 Å². The molecule has 1 fully saturated rings. The van der Waals surface area contributed by atoms with Crippen LogP contribution in [0.25, 0.3) is 22.9 Å². The quantitative estimate of drug-likeness (QED) is 0.307. The van der Waals surface area contributed by atoms with Crippen molar-refractivity contribution in [1.29, 1.82) is 0 Å². The first-order valence-corrected chi connectivity index (χ1v) is 14.6. The van der Waals surface area contributed by atoms with Gasteiger partial charge in [-0.3, -0.25) is 0 Å². The van der Waals surface area contributed by atoms with Crippen molar-refractivity contribution < 1.29 is 12.8 Å². The molecule has 6 rings (SSSR count). The van der Waals surface area contributed by atoms with E-state index in [-0.39, 0.29) is 28.7 Å². The number of rotatable bonds is 7. The topological polar surface area (TPSA) is 81.2 Å². The highest BCUT2D eigenvalue weighted by molar-refractivity contribution is 7.89. The molecule has 6 nitrogen and oxygen atoms in total. The van der Waals surface area contributed by atoms with Crippen molar-refractivity contribution in [3.63, 3.8) is 0 Å². The summed E-state index contributed by atoms with van der Waals surface area (Å²) in [4.78, 5) is 0.270.